The standard InChI is InChI=1S/C32H19NS/c1-3-10-24-21(7-1)22-8-2-4-11-25(22)32-31(24)27-18-19(13-15-28(27)33-32)20-14-16-30-26(17-20)23-9-5-6-12-29(23)34-30/h1-18,33H. The van der Waals surface area contributed by atoms with Crippen LogP contribution in [0.1, 0.15) is 0 Å². The van der Waals surface area contributed by atoms with Gasteiger partial charge < -0.3 is 4.98 Å². The van der Waals surface area contributed by atoms with E-state index in [4.69, 9.17) is 0 Å². The number of thiophene rings is 1. The van der Waals surface area contributed by atoms with Gasteiger partial charge in [-0.1, -0.05) is 78.9 Å². The Morgan fingerprint density at radius 1 is 0.441 bits per heavy atom. The van der Waals surface area contributed by atoms with E-state index in [1.165, 1.54) is 74.6 Å². The predicted octanol–water partition coefficient (Wildman–Crippen LogP) is 9.66. The van der Waals surface area contributed by atoms with E-state index in [0.717, 1.165) is 0 Å². The summed E-state index contributed by atoms with van der Waals surface area (Å²) in [7, 11) is 0. The van der Waals surface area contributed by atoms with Crippen molar-refractivity contribution >= 4 is 74.9 Å². The van der Waals surface area contributed by atoms with Crippen molar-refractivity contribution in [2.45, 2.75) is 0 Å². The maximum atomic E-state index is 3.74. The third-order valence-electron chi connectivity index (χ3n) is 7.19. The van der Waals surface area contributed by atoms with Crippen LogP contribution in [0.25, 0.3) is 74.6 Å². The summed E-state index contributed by atoms with van der Waals surface area (Å²) in [6, 6.07) is 40.0. The molecule has 6 aromatic carbocycles. The molecular formula is C32H19NS. The fourth-order valence-electron chi connectivity index (χ4n) is 5.63. The molecule has 8 rings (SSSR count). The zero-order valence-electron chi connectivity index (χ0n) is 18.3. The van der Waals surface area contributed by atoms with Crippen molar-refractivity contribution < 1.29 is 0 Å². The van der Waals surface area contributed by atoms with Gasteiger partial charge in [0, 0.05) is 41.8 Å². The number of benzene rings is 6. The molecule has 2 aromatic heterocycles. The van der Waals surface area contributed by atoms with Crippen LogP contribution in [0.3, 0.4) is 0 Å². The Balaban J connectivity index is 1.45. The Morgan fingerprint density at radius 2 is 1.03 bits per heavy atom. The minimum absolute atomic E-state index is 1.18. The number of fused-ring (bicyclic) bond motifs is 11. The summed E-state index contributed by atoms with van der Waals surface area (Å²) in [6.07, 6.45) is 0. The first kappa shape index (κ1) is 18.3. The highest BCUT2D eigenvalue weighted by atomic mass is 32.1. The van der Waals surface area contributed by atoms with Crippen LogP contribution in [0.5, 0.6) is 0 Å². The SMILES string of the molecule is c1ccc2c(c1)sc1ccc(-c3ccc4[nH]c5c6ccccc6c6ccccc6c5c4c3)cc12. The Morgan fingerprint density at radius 3 is 1.85 bits per heavy atom. The van der Waals surface area contributed by atoms with Crippen LogP contribution < -0.4 is 0 Å². The molecule has 0 radical (unpaired) electrons. The highest BCUT2D eigenvalue weighted by Crippen LogP contribution is 2.41. The number of aromatic nitrogens is 1. The van der Waals surface area contributed by atoms with Crippen molar-refractivity contribution in [1.82, 2.24) is 4.98 Å². The van der Waals surface area contributed by atoms with Crippen LogP contribution in [-0.4, -0.2) is 4.98 Å². The van der Waals surface area contributed by atoms with Gasteiger partial charge in [-0.05, 0) is 57.6 Å². The number of nitrogens with one attached hydrogen (secondary N) is 1. The Labute approximate surface area is 199 Å². The summed E-state index contributed by atoms with van der Waals surface area (Å²) >= 11 is 1.87. The van der Waals surface area contributed by atoms with Crippen molar-refractivity contribution in [3.8, 4) is 11.1 Å². The molecule has 1 N–H and O–H groups in total. The first-order valence-corrected chi connectivity index (χ1v) is 12.4. The largest absolute Gasteiger partial charge is 0.354 e. The fourth-order valence-corrected chi connectivity index (χ4v) is 6.72. The van der Waals surface area contributed by atoms with Crippen molar-refractivity contribution in [3.05, 3.63) is 109 Å². The molecule has 34 heavy (non-hydrogen) atoms. The van der Waals surface area contributed by atoms with Gasteiger partial charge in [0.05, 0.1) is 5.52 Å². The summed E-state index contributed by atoms with van der Waals surface area (Å²) in [6.45, 7) is 0. The zero-order valence-corrected chi connectivity index (χ0v) is 19.1. The lowest BCUT2D eigenvalue weighted by Gasteiger charge is -2.07. The molecule has 8 aromatic rings. The van der Waals surface area contributed by atoms with Gasteiger partial charge in [0.1, 0.15) is 0 Å². The van der Waals surface area contributed by atoms with E-state index in [1.807, 2.05) is 11.3 Å². The van der Waals surface area contributed by atoms with Gasteiger partial charge in [0.25, 0.3) is 0 Å². The minimum atomic E-state index is 1.18. The lowest BCUT2D eigenvalue weighted by atomic mass is 9.95. The number of rotatable bonds is 1. The Kier molecular flexibility index (Phi) is 3.60. The monoisotopic (exact) mass is 449 g/mol. The second-order valence-corrected chi connectivity index (χ2v) is 10.1. The number of H-pyrrole nitrogens is 1. The maximum Gasteiger partial charge on any atom is 0.0551 e. The maximum absolute atomic E-state index is 3.74. The Hall–Kier alpha value is -4.14. The van der Waals surface area contributed by atoms with Gasteiger partial charge in [-0.3, -0.25) is 0 Å². The molecule has 0 fully saturated rings. The van der Waals surface area contributed by atoms with Crippen LogP contribution in [0.15, 0.2) is 109 Å². The van der Waals surface area contributed by atoms with Gasteiger partial charge in [-0.25, -0.2) is 0 Å². The molecule has 2 heteroatoms. The molecule has 0 aliphatic rings. The molecule has 0 saturated carbocycles. The molecule has 158 valence electrons. The molecule has 1 nitrogen and oxygen atoms in total. The molecular weight excluding hydrogens is 430 g/mol. The van der Waals surface area contributed by atoms with Gasteiger partial charge in [-0.15, -0.1) is 11.3 Å². The lowest BCUT2D eigenvalue weighted by molar-refractivity contribution is 1.56. The molecule has 0 bridgehead atoms. The van der Waals surface area contributed by atoms with E-state index in [2.05, 4.69) is 114 Å². The first-order chi connectivity index (χ1) is 16.8. The second-order valence-electron chi connectivity index (χ2n) is 9.04. The average molecular weight is 450 g/mol. The minimum Gasteiger partial charge on any atom is -0.354 e. The number of hydrogen-bond acceptors (Lipinski definition) is 1. The molecule has 0 aliphatic heterocycles. The molecule has 0 spiro atoms. The number of aromatic amines is 1. The van der Waals surface area contributed by atoms with Crippen LogP contribution in [-0.2, 0) is 0 Å². The van der Waals surface area contributed by atoms with Gasteiger partial charge >= 0.3 is 0 Å². The molecule has 0 saturated heterocycles. The van der Waals surface area contributed by atoms with Crippen LogP contribution in [0.2, 0.25) is 0 Å². The smallest absolute Gasteiger partial charge is 0.0551 e. The van der Waals surface area contributed by atoms with Crippen molar-refractivity contribution in [1.29, 1.82) is 0 Å². The summed E-state index contributed by atoms with van der Waals surface area (Å²) in [5.41, 5.74) is 4.92. The van der Waals surface area contributed by atoms with E-state index in [0.29, 0.717) is 0 Å². The van der Waals surface area contributed by atoms with Crippen LogP contribution >= 0.6 is 11.3 Å². The Bertz CT molecular complexity index is 2070. The summed E-state index contributed by atoms with van der Waals surface area (Å²) < 4.78 is 2.69. The van der Waals surface area contributed by atoms with E-state index in [-0.39, 0.29) is 0 Å². The third kappa shape index (κ3) is 2.43. The normalized spacial score (nSPS) is 12.1. The molecule has 0 amide bonds. The molecule has 0 unspecified atom stereocenters. The van der Waals surface area contributed by atoms with Crippen molar-refractivity contribution in [2.24, 2.45) is 0 Å². The molecule has 0 aliphatic carbocycles. The van der Waals surface area contributed by atoms with Gasteiger partial charge in [0.15, 0.2) is 0 Å². The average Bonchev–Trinajstić information content (AvgIpc) is 3.47. The van der Waals surface area contributed by atoms with E-state index < -0.39 is 0 Å². The lowest BCUT2D eigenvalue weighted by Crippen LogP contribution is -1.81. The molecule has 2 heterocycles. The quantitative estimate of drug-likeness (QED) is 0.240. The van der Waals surface area contributed by atoms with Crippen LogP contribution in [0.4, 0.5) is 0 Å². The summed E-state index contributed by atoms with van der Waals surface area (Å²) in [4.78, 5) is 3.74. The summed E-state index contributed by atoms with van der Waals surface area (Å²) in [5.74, 6) is 0. The fraction of sp³-hybridized carbons (Fsp3) is 0. The number of hydrogen-bond donors (Lipinski definition) is 1. The van der Waals surface area contributed by atoms with Gasteiger partial charge in [-0.2, -0.15) is 0 Å². The first-order valence-electron chi connectivity index (χ1n) is 11.6. The van der Waals surface area contributed by atoms with E-state index in [1.54, 1.807) is 0 Å². The van der Waals surface area contributed by atoms with E-state index in [9.17, 15) is 0 Å². The highest BCUT2D eigenvalue weighted by Gasteiger charge is 2.14. The van der Waals surface area contributed by atoms with Crippen molar-refractivity contribution in [3.63, 3.8) is 0 Å². The van der Waals surface area contributed by atoms with E-state index >= 15 is 0 Å². The third-order valence-corrected chi connectivity index (χ3v) is 8.34. The zero-order chi connectivity index (χ0) is 22.2. The van der Waals surface area contributed by atoms with Crippen LogP contribution in [0, 0.1) is 0 Å². The summed E-state index contributed by atoms with van der Waals surface area (Å²) in [5, 5.41) is 10.5. The topological polar surface area (TPSA) is 15.8 Å². The predicted molar refractivity (Wildman–Crippen MR) is 149 cm³/mol. The van der Waals surface area contributed by atoms with Gasteiger partial charge in [0.2, 0.25) is 0 Å². The van der Waals surface area contributed by atoms with Crippen molar-refractivity contribution in [2.75, 3.05) is 0 Å². The molecule has 0 atom stereocenters. The highest BCUT2D eigenvalue weighted by molar-refractivity contribution is 7.25. The second kappa shape index (κ2) is 6.69.